The van der Waals surface area contributed by atoms with Crippen molar-refractivity contribution in [2.45, 2.75) is 11.7 Å². The van der Waals surface area contributed by atoms with Crippen LogP contribution in [0.25, 0.3) is 0 Å². The minimum Gasteiger partial charge on any atom is -0.478 e. The number of halogens is 1. The van der Waals surface area contributed by atoms with Gasteiger partial charge in [-0.1, -0.05) is 6.07 Å². The molecule has 9 heteroatoms. The SMILES string of the molecule is NS(=O)(=O)C1CC(=O)N(c2cccc(F)c2C(=O)O)C1. The molecule has 1 saturated heterocycles. The highest BCUT2D eigenvalue weighted by atomic mass is 32.2. The topological polar surface area (TPSA) is 118 Å². The molecule has 0 radical (unpaired) electrons. The van der Waals surface area contributed by atoms with E-state index in [-0.39, 0.29) is 18.7 Å². The van der Waals surface area contributed by atoms with Crippen molar-refractivity contribution in [2.24, 2.45) is 5.14 Å². The number of sulfonamides is 1. The molecular weight excluding hydrogens is 291 g/mol. The Hall–Kier alpha value is -2.00. The van der Waals surface area contributed by atoms with Crippen molar-refractivity contribution in [1.29, 1.82) is 0 Å². The van der Waals surface area contributed by atoms with Crippen LogP contribution in [0.15, 0.2) is 18.2 Å². The van der Waals surface area contributed by atoms with Crippen LogP contribution in [0.2, 0.25) is 0 Å². The molecule has 0 spiro atoms. The molecular formula is C11H11FN2O5S. The maximum absolute atomic E-state index is 13.6. The van der Waals surface area contributed by atoms with Gasteiger partial charge in [0.2, 0.25) is 15.9 Å². The Morgan fingerprint density at radius 2 is 2.10 bits per heavy atom. The van der Waals surface area contributed by atoms with Crippen molar-refractivity contribution < 1.29 is 27.5 Å². The molecule has 1 atom stereocenters. The fraction of sp³-hybridized carbons (Fsp3) is 0.273. The molecule has 1 aromatic carbocycles. The van der Waals surface area contributed by atoms with Gasteiger partial charge in [-0.15, -0.1) is 0 Å². The molecule has 1 aliphatic rings. The quantitative estimate of drug-likeness (QED) is 0.809. The zero-order valence-electron chi connectivity index (χ0n) is 10.1. The summed E-state index contributed by atoms with van der Waals surface area (Å²) >= 11 is 0. The number of nitrogens with zero attached hydrogens (tertiary/aromatic N) is 1. The summed E-state index contributed by atoms with van der Waals surface area (Å²) in [7, 11) is -3.92. The van der Waals surface area contributed by atoms with Crippen molar-refractivity contribution in [3.05, 3.63) is 29.6 Å². The van der Waals surface area contributed by atoms with Gasteiger partial charge in [0.15, 0.2) is 0 Å². The molecule has 20 heavy (non-hydrogen) atoms. The van der Waals surface area contributed by atoms with Crippen molar-refractivity contribution >= 4 is 27.6 Å². The Bertz CT molecular complexity index is 688. The smallest absolute Gasteiger partial charge is 0.340 e. The second-order valence-corrected chi connectivity index (χ2v) is 6.20. The lowest BCUT2D eigenvalue weighted by atomic mass is 10.1. The molecule has 1 aromatic rings. The summed E-state index contributed by atoms with van der Waals surface area (Å²) in [6.07, 6.45) is -0.353. The third-order valence-corrected chi connectivity index (χ3v) is 4.30. The van der Waals surface area contributed by atoms with Crippen LogP contribution in [0.4, 0.5) is 10.1 Å². The summed E-state index contributed by atoms with van der Waals surface area (Å²) in [5, 5.41) is 12.8. The number of carbonyl (C=O) groups is 2. The number of hydrogen-bond acceptors (Lipinski definition) is 4. The van der Waals surface area contributed by atoms with E-state index in [0.29, 0.717) is 0 Å². The van der Waals surface area contributed by atoms with Crippen molar-refractivity contribution in [1.82, 2.24) is 0 Å². The van der Waals surface area contributed by atoms with Gasteiger partial charge in [0.25, 0.3) is 0 Å². The second-order valence-electron chi connectivity index (χ2n) is 4.36. The van der Waals surface area contributed by atoms with Gasteiger partial charge < -0.3 is 10.0 Å². The summed E-state index contributed by atoms with van der Waals surface area (Å²) in [5.41, 5.74) is -0.843. The molecule has 7 nitrogen and oxygen atoms in total. The van der Waals surface area contributed by atoms with E-state index < -0.39 is 38.5 Å². The Balaban J connectivity index is 2.46. The van der Waals surface area contributed by atoms with Gasteiger partial charge in [-0.2, -0.15) is 0 Å². The molecule has 0 bridgehead atoms. The van der Waals surface area contributed by atoms with Gasteiger partial charge in [0.05, 0.1) is 5.69 Å². The molecule has 1 unspecified atom stereocenters. The van der Waals surface area contributed by atoms with E-state index in [9.17, 15) is 22.4 Å². The molecule has 1 fully saturated rings. The number of amides is 1. The minimum atomic E-state index is -3.92. The molecule has 0 saturated carbocycles. The number of aromatic carboxylic acids is 1. The number of rotatable bonds is 3. The minimum absolute atomic E-state index is 0.173. The molecule has 1 heterocycles. The van der Waals surface area contributed by atoms with Crippen LogP contribution in [0.1, 0.15) is 16.8 Å². The number of nitrogens with two attached hydrogens (primary N) is 1. The average Bonchev–Trinajstić information content (AvgIpc) is 2.70. The lowest BCUT2D eigenvalue weighted by Gasteiger charge is -2.18. The summed E-state index contributed by atoms with van der Waals surface area (Å²) in [6, 6.07) is 3.44. The molecule has 2 rings (SSSR count). The average molecular weight is 302 g/mol. The molecule has 1 amide bonds. The van der Waals surface area contributed by atoms with Crippen LogP contribution < -0.4 is 10.0 Å². The first-order valence-electron chi connectivity index (χ1n) is 5.55. The number of hydrogen-bond donors (Lipinski definition) is 2. The molecule has 3 N–H and O–H groups in total. The van der Waals surface area contributed by atoms with E-state index in [4.69, 9.17) is 10.2 Å². The van der Waals surface area contributed by atoms with Crippen molar-refractivity contribution in [3.63, 3.8) is 0 Å². The van der Waals surface area contributed by atoms with E-state index in [2.05, 4.69) is 0 Å². The Kier molecular flexibility index (Phi) is 3.48. The molecule has 108 valence electrons. The van der Waals surface area contributed by atoms with Crippen molar-refractivity contribution in [3.8, 4) is 0 Å². The van der Waals surface area contributed by atoms with Gasteiger partial charge in [-0.05, 0) is 12.1 Å². The highest BCUT2D eigenvalue weighted by Crippen LogP contribution is 2.29. The predicted octanol–water partition coefficient (Wildman–Crippen LogP) is -0.0823. The van der Waals surface area contributed by atoms with Crippen LogP contribution in [0.3, 0.4) is 0 Å². The van der Waals surface area contributed by atoms with Gasteiger partial charge >= 0.3 is 5.97 Å². The third-order valence-electron chi connectivity index (χ3n) is 3.05. The van der Waals surface area contributed by atoms with Crippen LogP contribution in [0.5, 0.6) is 0 Å². The summed E-state index contributed by atoms with van der Waals surface area (Å²) in [4.78, 5) is 23.8. The largest absolute Gasteiger partial charge is 0.478 e. The number of anilines is 1. The van der Waals surface area contributed by atoms with Gasteiger partial charge in [0, 0.05) is 13.0 Å². The van der Waals surface area contributed by atoms with E-state index in [1.54, 1.807) is 0 Å². The normalized spacial score (nSPS) is 19.4. The van der Waals surface area contributed by atoms with Gasteiger partial charge in [0.1, 0.15) is 16.6 Å². The molecule has 1 aliphatic heterocycles. The zero-order valence-corrected chi connectivity index (χ0v) is 10.9. The highest BCUT2D eigenvalue weighted by molar-refractivity contribution is 7.89. The Labute approximate surface area is 113 Å². The number of carboxylic acids is 1. The fourth-order valence-corrected chi connectivity index (χ4v) is 2.81. The lowest BCUT2D eigenvalue weighted by Crippen LogP contribution is -2.32. The first-order chi connectivity index (χ1) is 9.21. The van der Waals surface area contributed by atoms with Crippen LogP contribution in [-0.2, 0) is 14.8 Å². The molecule has 0 aliphatic carbocycles. The molecule has 0 aromatic heterocycles. The first kappa shape index (κ1) is 14.4. The van der Waals surface area contributed by atoms with Crippen molar-refractivity contribution in [2.75, 3.05) is 11.4 Å². The maximum atomic E-state index is 13.6. The lowest BCUT2D eigenvalue weighted by molar-refractivity contribution is -0.117. The van der Waals surface area contributed by atoms with Gasteiger partial charge in [-0.25, -0.2) is 22.7 Å². The number of carbonyl (C=O) groups excluding carboxylic acids is 1. The van der Waals surface area contributed by atoms with E-state index in [1.165, 1.54) is 12.1 Å². The monoisotopic (exact) mass is 302 g/mol. The van der Waals surface area contributed by atoms with Crippen LogP contribution in [-0.4, -0.2) is 37.2 Å². The van der Waals surface area contributed by atoms with E-state index in [1.807, 2.05) is 0 Å². The first-order valence-corrected chi connectivity index (χ1v) is 7.16. The Morgan fingerprint density at radius 3 is 2.60 bits per heavy atom. The summed E-state index contributed by atoms with van der Waals surface area (Å²) < 4.78 is 36.1. The van der Waals surface area contributed by atoms with E-state index in [0.717, 1.165) is 11.0 Å². The standard InChI is InChI=1S/C11H11FN2O5S/c12-7-2-1-3-8(10(7)11(16)17)14-5-6(4-9(14)15)20(13,18)19/h1-3,6H,4-5H2,(H,16,17)(H2,13,18,19). The Morgan fingerprint density at radius 1 is 1.45 bits per heavy atom. The third kappa shape index (κ3) is 2.49. The maximum Gasteiger partial charge on any atom is 0.340 e. The second kappa shape index (κ2) is 4.84. The number of benzene rings is 1. The zero-order chi connectivity index (χ0) is 15.1. The summed E-state index contributed by atoms with van der Waals surface area (Å²) in [5.74, 6) is -3.15. The number of primary sulfonamides is 1. The van der Waals surface area contributed by atoms with Crippen LogP contribution in [0, 0.1) is 5.82 Å². The van der Waals surface area contributed by atoms with E-state index >= 15 is 0 Å². The highest BCUT2D eigenvalue weighted by Gasteiger charge is 2.38. The van der Waals surface area contributed by atoms with Gasteiger partial charge in [-0.3, -0.25) is 4.79 Å². The number of carboxylic acid groups (broad SMARTS) is 1. The fourth-order valence-electron chi connectivity index (χ4n) is 2.08. The predicted molar refractivity (Wildman–Crippen MR) is 67.2 cm³/mol. The van der Waals surface area contributed by atoms with Crippen LogP contribution >= 0.6 is 0 Å². The summed E-state index contributed by atoms with van der Waals surface area (Å²) in [6.45, 7) is -0.290.